The van der Waals surface area contributed by atoms with E-state index in [0.29, 0.717) is 29.9 Å². The zero-order valence-electron chi connectivity index (χ0n) is 23.3. The summed E-state index contributed by atoms with van der Waals surface area (Å²) in [5.74, 6) is 0.214. The predicted octanol–water partition coefficient (Wildman–Crippen LogP) is 6.63. The van der Waals surface area contributed by atoms with Gasteiger partial charge in [0.15, 0.2) is 0 Å². The third-order valence-electron chi connectivity index (χ3n) is 6.94. The number of sulfone groups is 1. The van der Waals surface area contributed by atoms with Crippen LogP contribution in [0.3, 0.4) is 0 Å². The standard InChI is InChI=1S/C32H34FNO5S/c1-5-40(36,37)15-7-14-39-27-16-21(2)32(22(3)17-27)26-9-6-8-24(19-26)29-12-10-25-18-23(11-13-31(35)38-4)28(33)20-30(25)34-29/h6,8-10,12,16-20H,5,7,11,13-15H2,1-4H3. The molecule has 0 N–H and O–H groups in total. The monoisotopic (exact) mass is 563 g/mol. The minimum atomic E-state index is -3.00. The fourth-order valence-electron chi connectivity index (χ4n) is 4.79. The van der Waals surface area contributed by atoms with Gasteiger partial charge in [-0.3, -0.25) is 4.79 Å². The quantitative estimate of drug-likeness (QED) is 0.150. The van der Waals surface area contributed by atoms with E-state index in [1.807, 2.05) is 56.3 Å². The van der Waals surface area contributed by atoms with Crippen LogP contribution in [0.25, 0.3) is 33.3 Å². The SMILES string of the molecule is CCS(=O)(=O)CCCOc1cc(C)c(-c2cccc(-c3ccc4cc(CCC(=O)OC)c(F)cc4n3)c2)c(C)c1. The number of pyridine rings is 1. The molecule has 0 bridgehead atoms. The van der Waals surface area contributed by atoms with Gasteiger partial charge in [0.2, 0.25) is 0 Å². The van der Waals surface area contributed by atoms with Crippen molar-refractivity contribution in [3.05, 3.63) is 83.2 Å². The lowest BCUT2D eigenvalue weighted by atomic mass is 9.93. The highest BCUT2D eigenvalue weighted by molar-refractivity contribution is 7.91. The summed E-state index contributed by atoms with van der Waals surface area (Å²) >= 11 is 0. The Morgan fingerprint density at radius 2 is 1.70 bits per heavy atom. The average Bonchev–Trinajstić information content (AvgIpc) is 2.93. The number of hydrogen-bond donors (Lipinski definition) is 0. The first-order valence-electron chi connectivity index (χ1n) is 13.3. The lowest BCUT2D eigenvalue weighted by molar-refractivity contribution is -0.140. The van der Waals surface area contributed by atoms with Crippen LogP contribution in [0.15, 0.2) is 60.7 Å². The number of hydrogen-bond acceptors (Lipinski definition) is 6. The van der Waals surface area contributed by atoms with Crippen molar-refractivity contribution in [1.29, 1.82) is 0 Å². The van der Waals surface area contributed by atoms with Gasteiger partial charge in [0.05, 0.1) is 30.7 Å². The van der Waals surface area contributed by atoms with Crippen LogP contribution in [0, 0.1) is 19.7 Å². The van der Waals surface area contributed by atoms with Crippen molar-refractivity contribution in [2.75, 3.05) is 25.2 Å². The number of nitrogens with zero attached hydrogens (tertiary/aromatic N) is 1. The number of aryl methyl sites for hydroxylation is 3. The van der Waals surface area contributed by atoms with Gasteiger partial charge in [0, 0.05) is 29.2 Å². The molecule has 0 aliphatic carbocycles. The smallest absolute Gasteiger partial charge is 0.305 e. The second kappa shape index (κ2) is 12.6. The third kappa shape index (κ3) is 7.04. The largest absolute Gasteiger partial charge is 0.494 e. The molecular weight excluding hydrogens is 529 g/mol. The molecule has 1 heterocycles. The van der Waals surface area contributed by atoms with Crippen molar-refractivity contribution in [1.82, 2.24) is 4.98 Å². The summed E-state index contributed by atoms with van der Waals surface area (Å²) in [7, 11) is -1.68. The maximum atomic E-state index is 14.8. The highest BCUT2D eigenvalue weighted by Crippen LogP contribution is 2.34. The van der Waals surface area contributed by atoms with Crippen molar-refractivity contribution < 1.29 is 27.1 Å². The first-order chi connectivity index (χ1) is 19.1. The Labute approximate surface area is 235 Å². The number of esters is 1. The van der Waals surface area contributed by atoms with Gasteiger partial charge in [-0.2, -0.15) is 0 Å². The lowest BCUT2D eigenvalue weighted by Crippen LogP contribution is -2.11. The molecule has 40 heavy (non-hydrogen) atoms. The van der Waals surface area contributed by atoms with Gasteiger partial charge in [-0.15, -0.1) is 0 Å². The fourth-order valence-corrected chi connectivity index (χ4v) is 5.64. The van der Waals surface area contributed by atoms with E-state index >= 15 is 0 Å². The van der Waals surface area contributed by atoms with E-state index in [2.05, 4.69) is 10.8 Å². The Morgan fingerprint density at radius 1 is 0.975 bits per heavy atom. The van der Waals surface area contributed by atoms with Crippen molar-refractivity contribution in [2.24, 2.45) is 0 Å². The number of methoxy groups -OCH3 is 1. The van der Waals surface area contributed by atoms with Crippen LogP contribution >= 0.6 is 0 Å². The van der Waals surface area contributed by atoms with Crippen molar-refractivity contribution >= 4 is 26.7 Å². The Hall–Kier alpha value is -3.78. The molecule has 6 nitrogen and oxygen atoms in total. The number of halogens is 1. The van der Waals surface area contributed by atoms with E-state index in [9.17, 15) is 17.6 Å². The molecule has 0 radical (unpaired) electrons. The van der Waals surface area contributed by atoms with Gasteiger partial charge in [0.1, 0.15) is 21.4 Å². The molecule has 4 aromatic rings. The van der Waals surface area contributed by atoms with Crippen LogP contribution in [-0.2, 0) is 25.8 Å². The highest BCUT2D eigenvalue weighted by atomic mass is 32.2. The number of rotatable bonds is 11. The molecule has 4 rings (SSSR count). The number of carbonyl (C=O) groups is 1. The van der Waals surface area contributed by atoms with Crippen molar-refractivity contribution in [3.8, 4) is 28.1 Å². The second-order valence-electron chi connectivity index (χ2n) is 9.86. The summed E-state index contributed by atoms with van der Waals surface area (Å²) in [5, 5.41) is 0.802. The van der Waals surface area contributed by atoms with Crippen LogP contribution in [0.1, 0.15) is 36.5 Å². The van der Waals surface area contributed by atoms with Crippen molar-refractivity contribution in [3.63, 3.8) is 0 Å². The van der Waals surface area contributed by atoms with E-state index in [0.717, 1.165) is 38.9 Å². The van der Waals surface area contributed by atoms with Crippen LogP contribution in [0.5, 0.6) is 5.75 Å². The molecule has 0 atom stereocenters. The molecule has 0 aliphatic rings. The summed E-state index contributed by atoms with van der Waals surface area (Å²) < 4.78 is 48.7. The van der Waals surface area contributed by atoms with E-state index in [1.165, 1.54) is 13.2 Å². The van der Waals surface area contributed by atoms with Gasteiger partial charge in [0.25, 0.3) is 0 Å². The normalized spacial score (nSPS) is 11.5. The average molecular weight is 564 g/mol. The van der Waals surface area contributed by atoms with Gasteiger partial charge < -0.3 is 9.47 Å². The summed E-state index contributed by atoms with van der Waals surface area (Å²) in [4.78, 5) is 16.2. The minimum absolute atomic E-state index is 0.118. The van der Waals surface area contributed by atoms with Gasteiger partial charge in [-0.05, 0) is 84.8 Å². The lowest BCUT2D eigenvalue weighted by Gasteiger charge is -2.15. The summed E-state index contributed by atoms with van der Waals surface area (Å²) in [6, 6.07) is 19.0. The molecule has 0 fully saturated rings. The molecule has 0 unspecified atom stereocenters. The highest BCUT2D eigenvalue weighted by Gasteiger charge is 2.13. The van der Waals surface area contributed by atoms with Gasteiger partial charge in [-0.1, -0.05) is 31.2 Å². The minimum Gasteiger partial charge on any atom is -0.494 e. The summed E-state index contributed by atoms with van der Waals surface area (Å²) in [6.07, 6.45) is 0.837. The molecule has 1 aromatic heterocycles. The zero-order chi connectivity index (χ0) is 28.9. The molecule has 0 spiro atoms. The van der Waals surface area contributed by atoms with Gasteiger partial charge in [-0.25, -0.2) is 17.8 Å². The topological polar surface area (TPSA) is 82.6 Å². The maximum Gasteiger partial charge on any atom is 0.305 e. The number of fused-ring (bicyclic) bond motifs is 1. The van der Waals surface area contributed by atoms with E-state index < -0.39 is 15.7 Å². The number of benzene rings is 3. The summed E-state index contributed by atoms with van der Waals surface area (Å²) in [6.45, 7) is 6.04. The van der Waals surface area contributed by atoms with Crippen LogP contribution in [-0.4, -0.2) is 44.6 Å². The van der Waals surface area contributed by atoms with E-state index in [4.69, 9.17) is 9.72 Å². The zero-order valence-corrected chi connectivity index (χ0v) is 24.1. The van der Waals surface area contributed by atoms with Gasteiger partial charge >= 0.3 is 5.97 Å². The van der Waals surface area contributed by atoms with Crippen LogP contribution in [0.2, 0.25) is 0 Å². The Bertz CT molecular complexity index is 1630. The summed E-state index contributed by atoms with van der Waals surface area (Å²) in [5.41, 5.74) is 6.84. The second-order valence-corrected chi connectivity index (χ2v) is 12.3. The van der Waals surface area contributed by atoms with Crippen LogP contribution < -0.4 is 4.74 Å². The number of ether oxygens (including phenoxy) is 2. The first kappa shape index (κ1) is 29.2. The predicted molar refractivity (Wildman–Crippen MR) is 157 cm³/mol. The number of carbonyl (C=O) groups excluding carboxylic acids is 1. The molecule has 210 valence electrons. The fraction of sp³-hybridized carbons (Fsp3) is 0.312. The van der Waals surface area contributed by atoms with Crippen LogP contribution in [0.4, 0.5) is 4.39 Å². The molecule has 3 aromatic carbocycles. The van der Waals surface area contributed by atoms with E-state index in [-0.39, 0.29) is 30.3 Å². The number of aromatic nitrogens is 1. The molecule has 8 heteroatoms. The Kier molecular flexibility index (Phi) is 9.20. The molecule has 0 saturated heterocycles. The Morgan fingerprint density at radius 3 is 2.40 bits per heavy atom. The van der Waals surface area contributed by atoms with E-state index in [1.54, 1.807) is 13.0 Å². The molecule has 0 amide bonds. The molecule has 0 aliphatic heterocycles. The van der Waals surface area contributed by atoms with Crippen molar-refractivity contribution in [2.45, 2.75) is 40.0 Å². The molecule has 0 saturated carbocycles. The maximum absolute atomic E-state index is 14.8. The first-order valence-corrected chi connectivity index (χ1v) is 15.1. The molecular formula is C32H34FNO5S. The third-order valence-corrected chi connectivity index (χ3v) is 8.74. The Balaban J connectivity index is 1.55.